The number of para-hydroxylation sites is 1. The SMILES string of the molecule is Cc1ccc(C(=O)N2CCCC2)c(C2CCN(C(=O)Nc3ccccc3)CC2)n1. The van der Waals surface area contributed by atoms with E-state index in [-0.39, 0.29) is 17.9 Å². The first-order valence-corrected chi connectivity index (χ1v) is 10.5. The lowest BCUT2D eigenvalue weighted by atomic mass is 9.90. The molecule has 1 aromatic carbocycles. The van der Waals surface area contributed by atoms with E-state index in [9.17, 15) is 9.59 Å². The molecule has 4 rings (SSSR count). The number of benzene rings is 1. The summed E-state index contributed by atoms with van der Waals surface area (Å²) < 4.78 is 0. The van der Waals surface area contributed by atoms with Crippen LogP contribution in [0, 0.1) is 6.92 Å². The molecule has 0 radical (unpaired) electrons. The Balaban J connectivity index is 1.43. The van der Waals surface area contributed by atoms with Crippen LogP contribution in [0.2, 0.25) is 0 Å². The van der Waals surface area contributed by atoms with E-state index in [0.717, 1.165) is 61.4 Å². The number of hydrogen-bond donors (Lipinski definition) is 1. The molecule has 2 saturated heterocycles. The van der Waals surface area contributed by atoms with Gasteiger partial charge in [0.25, 0.3) is 5.91 Å². The summed E-state index contributed by atoms with van der Waals surface area (Å²) in [6.07, 6.45) is 3.79. The monoisotopic (exact) mass is 392 g/mol. The molecule has 152 valence electrons. The summed E-state index contributed by atoms with van der Waals surface area (Å²) in [4.78, 5) is 34.1. The minimum absolute atomic E-state index is 0.0692. The number of pyridine rings is 1. The van der Waals surface area contributed by atoms with Gasteiger partial charge in [-0.25, -0.2) is 4.79 Å². The molecule has 0 saturated carbocycles. The van der Waals surface area contributed by atoms with Crippen molar-refractivity contribution in [1.82, 2.24) is 14.8 Å². The summed E-state index contributed by atoms with van der Waals surface area (Å²) >= 11 is 0. The molecule has 2 fully saturated rings. The quantitative estimate of drug-likeness (QED) is 0.857. The topological polar surface area (TPSA) is 65.5 Å². The Morgan fingerprint density at radius 2 is 1.62 bits per heavy atom. The van der Waals surface area contributed by atoms with Crippen molar-refractivity contribution in [1.29, 1.82) is 0 Å². The summed E-state index contributed by atoms with van der Waals surface area (Å²) in [5.74, 6) is 0.312. The van der Waals surface area contributed by atoms with Crippen molar-refractivity contribution in [3.8, 4) is 0 Å². The van der Waals surface area contributed by atoms with E-state index >= 15 is 0 Å². The van der Waals surface area contributed by atoms with Crippen molar-refractivity contribution in [2.75, 3.05) is 31.5 Å². The Kier molecular flexibility index (Phi) is 5.79. The highest BCUT2D eigenvalue weighted by molar-refractivity contribution is 5.95. The molecule has 29 heavy (non-hydrogen) atoms. The van der Waals surface area contributed by atoms with Crippen molar-refractivity contribution in [2.24, 2.45) is 0 Å². The number of amides is 3. The van der Waals surface area contributed by atoms with Gasteiger partial charge in [0.15, 0.2) is 0 Å². The van der Waals surface area contributed by atoms with Crippen LogP contribution in [0.5, 0.6) is 0 Å². The van der Waals surface area contributed by atoms with Gasteiger partial charge in [-0.3, -0.25) is 9.78 Å². The van der Waals surface area contributed by atoms with Gasteiger partial charge in [0.1, 0.15) is 0 Å². The number of nitrogens with one attached hydrogen (secondary N) is 1. The van der Waals surface area contributed by atoms with Crippen molar-refractivity contribution in [3.05, 3.63) is 59.4 Å². The van der Waals surface area contributed by atoms with Gasteiger partial charge in [-0.2, -0.15) is 0 Å². The van der Waals surface area contributed by atoms with Crippen LogP contribution in [-0.2, 0) is 0 Å². The molecule has 0 unspecified atom stereocenters. The van der Waals surface area contributed by atoms with Crippen molar-refractivity contribution >= 4 is 17.6 Å². The molecule has 0 atom stereocenters. The molecule has 1 N–H and O–H groups in total. The van der Waals surface area contributed by atoms with Crippen molar-refractivity contribution < 1.29 is 9.59 Å². The lowest BCUT2D eigenvalue weighted by Crippen LogP contribution is -2.41. The van der Waals surface area contributed by atoms with E-state index < -0.39 is 0 Å². The predicted molar refractivity (Wildman–Crippen MR) is 113 cm³/mol. The van der Waals surface area contributed by atoms with Crippen LogP contribution in [0.25, 0.3) is 0 Å². The van der Waals surface area contributed by atoms with E-state index in [1.165, 1.54) is 0 Å². The van der Waals surface area contributed by atoms with Crippen LogP contribution in [-0.4, -0.2) is 52.9 Å². The second-order valence-electron chi connectivity index (χ2n) is 7.94. The average Bonchev–Trinajstić information content (AvgIpc) is 3.29. The number of aromatic nitrogens is 1. The van der Waals surface area contributed by atoms with E-state index in [2.05, 4.69) is 5.32 Å². The maximum absolute atomic E-state index is 13.0. The Bertz CT molecular complexity index is 870. The number of aryl methyl sites for hydroxylation is 1. The lowest BCUT2D eigenvalue weighted by molar-refractivity contribution is 0.0789. The molecule has 2 aromatic rings. The van der Waals surface area contributed by atoms with Gasteiger partial charge in [-0.05, 0) is 56.9 Å². The average molecular weight is 393 g/mol. The number of carbonyl (C=O) groups is 2. The van der Waals surface area contributed by atoms with Crippen LogP contribution in [0.4, 0.5) is 10.5 Å². The third-order valence-electron chi connectivity index (χ3n) is 5.88. The minimum Gasteiger partial charge on any atom is -0.339 e. The van der Waals surface area contributed by atoms with Crippen molar-refractivity contribution in [2.45, 2.75) is 38.5 Å². The third-order valence-corrected chi connectivity index (χ3v) is 5.88. The number of nitrogens with zero attached hydrogens (tertiary/aromatic N) is 3. The summed E-state index contributed by atoms with van der Waals surface area (Å²) in [7, 11) is 0. The Morgan fingerprint density at radius 3 is 2.31 bits per heavy atom. The number of urea groups is 1. The van der Waals surface area contributed by atoms with Gasteiger partial charge in [0.2, 0.25) is 0 Å². The molecule has 6 nitrogen and oxygen atoms in total. The van der Waals surface area contributed by atoms with Gasteiger partial charge >= 0.3 is 6.03 Å². The maximum Gasteiger partial charge on any atom is 0.321 e. The van der Waals surface area contributed by atoms with Crippen LogP contribution in [0.3, 0.4) is 0 Å². The minimum atomic E-state index is -0.0692. The molecule has 0 bridgehead atoms. The van der Waals surface area contributed by atoms with E-state index in [0.29, 0.717) is 13.1 Å². The Morgan fingerprint density at radius 1 is 0.931 bits per heavy atom. The fraction of sp³-hybridized carbons (Fsp3) is 0.435. The highest BCUT2D eigenvalue weighted by Crippen LogP contribution is 2.30. The van der Waals surface area contributed by atoms with Crippen LogP contribution < -0.4 is 5.32 Å². The number of hydrogen-bond acceptors (Lipinski definition) is 3. The predicted octanol–water partition coefficient (Wildman–Crippen LogP) is 4.04. The molecule has 3 amide bonds. The lowest BCUT2D eigenvalue weighted by Gasteiger charge is -2.32. The number of piperidine rings is 1. The summed E-state index contributed by atoms with van der Waals surface area (Å²) in [6, 6.07) is 13.3. The van der Waals surface area contributed by atoms with Crippen LogP contribution in [0.15, 0.2) is 42.5 Å². The van der Waals surface area contributed by atoms with Gasteiger partial charge in [0.05, 0.1) is 11.3 Å². The first kappa shape index (κ1) is 19.4. The standard InChI is InChI=1S/C23H28N4O2/c1-17-9-10-20(22(28)26-13-5-6-14-26)21(24-17)18-11-15-27(16-12-18)23(29)25-19-7-3-2-4-8-19/h2-4,7-10,18H,5-6,11-16H2,1H3,(H,25,29). The van der Waals surface area contributed by atoms with Gasteiger partial charge in [-0.1, -0.05) is 18.2 Å². The van der Waals surface area contributed by atoms with Gasteiger partial charge < -0.3 is 15.1 Å². The van der Waals surface area contributed by atoms with E-state index in [1.807, 2.05) is 59.2 Å². The molecule has 6 heteroatoms. The second-order valence-corrected chi connectivity index (χ2v) is 7.94. The molecule has 0 spiro atoms. The largest absolute Gasteiger partial charge is 0.339 e. The summed E-state index contributed by atoms with van der Waals surface area (Å²) in [5.41, 5.74) is 3.38. The molecule has 0 aliphatic carbocycles. The fourth-order valence-electron chi connectivity index (χ4n) is 4.24. The Labute approximate surface area is 171 Å². The molecular formula is C23H28N4O2. The molecule has 1 aromatic heterocycles. The zero-order valence-corrected chi connectivity index (χ0v) is 16.9. The molecular weight excluding hydrogens is 364 g/mol. The highest BCUT2D eigenvalue weighted by Gasteiger charge is 2.30. The highest BCUT2D eigenvalue weighted by atomic mass is 16.2. The first-order valence-electron chi connectivity index (χ1n) is 10.5. The molecule has 2 aliphatic heterocycles. The van der Waals surface area contributed by atoms with Crippen LogP contribution in [0.1, 0.15) is 53.3 Å². The summed E-state index contributed by atoms with van der Waals surface area (Å²) in [5, 5.41) is 2.95. The third kappa shape index (κ3) is 4.42. The van der Waals surface area contributed by atoms with E-state index in [4.69, 9.17) is 4.98 Å². The fourth-order valence-corrected chi connectivity index (χ4v) is 4.24. The molecule has 2 aliphatic rings. The number of carbonyl (C=O) groups excluding carboxylic acids is 2. The zero-order valence-electron chi connectivity index (χ0n) is 16.9. The second kappa shape index (κ2) is 8.64. The summed E-state index contributed by atoms with van der Waals surface area (Å²) in [6.45, 7) is 4.97. The van der Waals surface area contributed by atoms with Crippen LogP contribution >= 0.6 is 0 Å². The van der Waals surface area contributed by atoms with Crippen molar-refractivity contribution in [3.63, 3.8) is 0 Å². The number of rotatable bonds is 3. The number of likely N-dealkylation sites (tertiary alicyclic amines) is 2. The number of anilines is 1. The maximum atomic E-state index is 13.0. The first-order chi connectivity index (χ1) is 14.1. The Hall–Kier alpha value is -2.89. The normalized spacial score (nSPS) is 17.4. The molecule has 3 heterocycles. The van der Waals surface area contributed by atoms with E-state index in [1.54, 1.807) is 0 Å². The smallest absolute Gasteiger partial charge is 0.321 e. The van der Waals surface area contributed by atoms with Gasteiger partial charge in [0, 0.05) is 43.5 Å². The zero-order chi connectivity index (χ0) is 20.2. The van der Waals surface area contributed by atoms with Gasteiger partial charge in [-0.15, -0.1) is 0 Å².